The topological polar surface area (TPSA) is 55.6 Å². The van der Waals surface area contributed by atoms with Crippen molar-refractivity contribution >= 4 is 5.97 Å². The summed E-state index contributed by atoms with van der Waals surface area (Å²) in [5.74, 6) is -0.155. The number of hydrogen-bond acceptors (Lipinski definition) is 4. The standard InChI is InChI=1S/C12H26N2O2/c1-5-8-14(9-6-7-13)10-11(15)16-12(2,3)4/h5-10,13H2,1-4H3. The smallest absolute Gasteiger partial charge is 0.320 e. The summed E-state index contributed by atoms with van der Waals surface area (Å²) in [7, 11) is 0. The van der Waals surface area contributed by atoms with E-state index in [9.17, 15) is 4.79 Å². The number of nitrogens with zero attached hydrogens (tertiary/aromatic N) is 1. The predicted molar refractivity (Wildman–Crippen MR) is 66.2 cm³/mol. The van der Waals surface area contributed by atoms with Gasteiger partial charge in [0.25, 0.3) is 0 Å². The molecule has 0 bridgehead atoms. The first-order valence-electron chi connectivity index (χ1n) is 6.03. The minimum Gasteiger partial charge on any atom is -0.459 e. The summed E-state index contributed by atoms with van der Waals surface area (Å²) in [4.78, 5) is 13.7. The van der Waals surface area contributed by atoms with Crippen molar-refractivity contribution in [2.75, 3.05) is 26.2 Å². The average molecular weight is 230 g/mol. The highest BCUT2D eigenvalue weighted by molar-refractivity contribution is 5.72. The van der Waals surface area contributed by atoms with E-state index in [-0.39, 0.29) is 5.97 Å². The van der Waals surface area contributed by atoms with Gasteiger partial charge in [-0.1, -0.05) is 6.92 Å². The first-order chi connectivity index (χ1) is 7.39. The molecule has 96 valence electrons. The van der Waals surface area contributed by atoms with Crippen LogP contribution in [0.3, 0.4) is 0 Å². The fourth-order valence-corrected chi connectivity index (χ4v) is 1.46. The summed E-state index contributed by atoms with van der Waals surface area (Å²) < 4.78 is 5.28. The van der Waals surface area contributed by atoms with Crippen LogP contribution in [0, 0.1) is 0 Å². The van der Waals surface area contributed by atoms with E-state index in [4.69, 9.17) is 10.5 Å². The Morgan fingerprint density at radius 1 is 1.31 bits per heavy atom. The lowest BCUT2D eigenvalue weighted by Crippen LogP contribution is -2.36. The Kier molecular flexibility index (Phi) is 7.34. The predicted octanol–water partition coefficient (Wildman–Crippen LogP) is 1.39. The SMILES string of the molecule is CCCN(CCCN)CC(=O)OC(C)(C)C. The number of carbonyl (C=O) groups excluding carboxylic acids is 1. The van der Waals surface area contributed by atoms with E-state index in [1.165, 1.54) is 0 Å². The summed E-state index contributed by atoms with van der Waals surface area (Å²) in [5, 5.41) is 0. The van der Waals surface area contributed by atoms with Crippen molar-refractivity contribution in [3.8, 4) is 0 Å². The monoisotopic (exact) mass is 230 g/mol. The van der Waals surface area contributed by atoms with Gasteiger partial charge in [0.1, 0.15) is 5.60 Å². The zero-order chi connectivity index (χ0) is 12.6. The molecule has 2 N–H and O–H groups in total. The van der Waals surface area contributed by atoms with Crippen molar-refractivity contribution in [2.45, 2.75) is 46.1 Å². The van der Waals surface area contributed by atoms with Crippen molar-refractivity contribution in [3.05, 3.63) is 0 Å². The van der Waals surface area contributed by atoms with Gasteiger partial charge in [-0.05, 0) is 53.2 Å². The maximum atomic E-state index is 11.6. The third-order valence-electron chi connectivity index (χ3n) is 1.99. The van der Waals surface area contributed by atoms with Gasteiger partial charge in [-0.25, -0.2) is 0 Å². The molecule has 0 aromatic rings. The van der Waals surface area contributed by atoms with Crippen LogP contribution in [-0.2, 0) is 9.53 Å². The van der Waals surface area contributed by atoms with E-state index in [1.54, 1.807) is 0 Å². The number of ether oxygens (including phenoxy) is 1. The Morgan fingerprint density at radius 2 is 1.94 bits per heavy atom. The molecule has 0 atom stereocenters. The van der Waals surface area contributed by atoms with Crippen LogP contribution in [0.2, 0.25) is 0 Å². The molecule has 0 rings (SSSR count). The third-order valence-corrected chi connectivity index (χ3v) is 1.99. The number of nitrogens with two attached hydrogens (primary N) is 1. The van der Waals surface area contributed by atoms with Crippen LogP contribution < -0.4 is 5.73 Å². The molecule has 0 aromatic carbocycles. The fourth-order valence-electron chi connectivity index (χ4n) is 1.46. The van der Waals surface area contributed by atoms with Crippen LogP contribution in [0.25, 0.3) is 0 Å². The van der Waals surface area contributed by atoms with Crippen LogP contribution in [0.4, 0.5) is 0 Å². The number of esters is 1. The largest absolute Gasteiger partial charge is 0.459 e. The Bertz CT molecular complexity index is 200. The van der Waals surface area contributed by atoms with Crippen molar-refractivity contribution in [1.29, 1.82) is 0 Å². The minimum atomic E-state index is -0.400. The molecule has 0 amide bonds. The summed E-state index contributed by atoms with van der Waals surface area (Å²) in [6.07, 6.45) is 1.95. The van der Waals surface area contributed by atoms with Gasteiger partial charge < -0.3 is 10.5 Å². The first kappa shape index (κ1) is 15.4. The van der Waals surface area contributed by atoms with E-state index >= 15 is 0 Å². The highest BCUT2D eigenvalue weighted by atomic mass is 16.6. The second-order valence-corrected chi connectivity index (χ2v) is 5.00. The van der Waals surface area contributed by atoms with E-state index < -0.39 is 5.60 Å². The van der Waals surface area contributed by atoms with E-state index in [1.807, 2.05) is 20.8 Å². The molecule has 0 aliphatic carbocycles. The van der Waals surface area contributed by atoms with Gasteiger partial charge in [0.15, 0.2) is 0 Å². The summed E-state index contributed by atoms with van der Waals surface area (Å²) >= 11 is 0. The molecule has 0 saturated carbocycles. The summed E-state index contributed by atoms with van der Waals surface area (Å²) in [6.45, 7) is 10.6. The van der Waals surface area contributed by atoms with E-state index in [0.717, 1.165) is 25.9 Å². The lowest BCUT2D eigenvalue weighted by atomic mass is 10.2. The molecule has 0 saturated heterocycles. The molecule has 0 heterocycles. The Morgan fingerprint density at radius 3 is 2.38 bits per heavy atom. The molecule has 0 radical (unpaired) electrons. The highest BCUT2D eigenvalue weighted by Gasteiger charge is 2.18. The van der Waals surface area contributed by atoms with E-state index in [2.05, 4.69) is 11.8 Å². The minimum absolute atomic E-state index is 0.155. The molecule has 0 aliphatic rings. The maximum absolute atomic E-state index is 11.6. The molecule has 0 fully saturated rings. The van der Waals surface area contributed by atoms with E-state index in [0.29, 0.717) is 13.1 Å². The molecule has 16 heavy (non-hydrogen) atoms. The third kappa shape index (κ3) is 8.68. The van der Waals surface area contributed by atoms with Crippen molar-refractivity contribution < 1.29 is 9.53 Å². The Balaban J connectivity index is 4.02. The van der Waals surface area contributed by atoms with Crippen LogP contribution >= 0.6 is 0 Å². The lowest BCUT2D eigenvalue weighted by molar-refractivity contribution is -0.156. The average Bonchev–Trinajstić information content (AvgIpc) is 2.11. The summed E-state index contributed by atoms with van der Waals surface area (Å²) in [5.41, 5.74) is 5.06. The fraction of sp³-hybridized carbons (Fsp3) is 0.917. The van der Waals surface area contributed by atoms with Crippen molar-refractivity contribution in [3.63, 3.8) is 0 Å². The normalized spacial score (nSPS) is 11.9. The molecule has 0 spiro atoms. The summed E-state index contributed by atoms with van der Waals surface area (Å²) in [6, 6.07) is 0. The molecule has 0 aromatic heterocycles. The highest BCUT2D eigenvalue weighted by Crippen LogP contribution is 2.07. The van der Waals surface area contributed by atoms with Crippen molar-refractivity contribution in [2.24, 2.45) is 5.73 Å². The zero-order valence-electron chi connectivity index (χ0n) is 11.1. The second kappa shape index (κ2) is 7.63. The van der Waals surface area contributed by atoms with Gasteiger partial charge in [-0.15, -0.1) is 0 Å². The maximum Gasteiger partial charge on any atom is 0.320 e. The van der Waals surface area contributed by atoms with Crippen LogP contribution in [0.1, 0.15) is 40.5 Å². The quantitative estimate of drug-likeness (QED) is 0.671. The van der Waals surface area contributed by atoms with Gasteiger partial charge in [0.2, 0.25) is 0 Å². The van der Waals surface area contributed by atoms with Gasteiger partial charge in [0.05, 0.1) is 6.54 Å². The van der Waals surface area contributed by atoms with Gasteiger partial charge in [-0.3, -0.25) is 9.69 Å². The van der Waals surface area contributed by atoms with Crippen LogP contribution in [0.5, 0.6) is 0 Å². The Hall–Kier alpha value is -0.610. The molecular weight excluding hydrogens is 204 g/mol. The zero-order valence-corrected chi connectivity index (χ0v) is 11.1. The molecule has 0 unspecified atom stereocenters. The van der Waals surface area contributed by atoms with Gasteiger partial charge in [0, 0.05) is 0 Å². The number of hydrogen-bond donors (Lipinski definition) is 1. The Labute approximate surface area is 99.1 Å². The van der Waals surface area contributed by atoms with Gasteiger partial charge >= 0.3 is 5.97 Å². The van der Waals surface area contributed by atoms with Crippen LogP contribution in [-0.4, -0.2) is 42.6 Å². The molecular formula is C12H26N2O2. The molecule has 0 aliphatic heterocycles. The molecule has 4 heteroatoms. The lowest BCUT2D eigenvalue weighted by Gasteiger charge is -2.24. The van der Waals surface area contributed by atoms with Crippen molar-refractivity contribution in [1.82, 2.24) is 4.90 Å². The number of rotatable bonds is 7. The first-order valence-corrected chi connectivity index (χ1v) is 6.03. The molecule has 4 nitrogen and oxygen atoms in total. The van der Waals surface area contributed by atoms with Crippen LogP contribution in [0.15, 0.2) is 0 Å². The number of carbonyl (C=O) groups is 1. The van der Waals surface area contributed by atoms with Gasteiger partial charge in [-0.2, -0.15) is 0 Å². The second-order valence-electron chi connectivity index (χ2n) is 5.00.